The van der Waals surface area contributed by atoms with Crippen LogP contribution in [0.5, 0.6) is 5.75 Å². The maximum Gasteiger partial charge on any atom is 0.217 e. The molecule has 0 bridgehead atoms. The molecule has 86 valence electrons. The fraction of sp³-hybridized carbons (Fsp3) is 0.0909. The average Bonchev–Trinajstić information content (AvgIpc) is 2.93. The Kier molecular flexibility index (Phi) is 2.26. The van der Waals surface area contributed by atoms with Gasteiger partial charge in [-0.25, -0.2) is 9.50 Å². The van der Waals surface area contributed by atoms with Crippen LogP contribution in [-0.2, 0) is 0 Å². The van der Waals surface area contributed by atoms with Crippen LogP contribution in [0.2, 0.25) is 5.22 Å². The third-order valence-electron chi connectivity index (χ3n) is 2.34. The molecule has 0 aliphatic carbocycles. The largest absolute Gasteiger partial charge is 0.497 e. The molecule has 3 heterocycles. The maximum absolute atomic E-state index is 5.71. The summed E-state index contributed by atoms with van der Waals surface area (Å²) in [7, 11) is 1.61. The van der Waals surface area contributed by atoms with Gasteiger partial charge in [0.05, 0.1) is 7.11 Å². The highest BCUT2D eigenvalue weighted by molar-refractivity contribution is 6.28. The van der Waals surface area contributed by atoms with Gasteiger partial charge in [-0.05, 0) is 29.8 Å². The fourth-order valence-electron chi connectivity index (χ4n) is 1.53. The van der Waals surface area contributed by atoms with Gasteiger partial charge in [-0.2, -0.15) is 0 Å². The van der Waals surface area contributed by atoms with Gasteiger partial charge in [0.15, 0.2) is 16.6 Å². The predicted molar refractivity (Wildman–Crippen MR) is 62.3 cm³/mol. The van der Waals surface area contributed by atoms with Gasteiger partial charge < -0.3 is 9.15 Å². The summed E-state index contributed by atoms with van der Waals surface area (Å²) in [5.41, 5.74) is 0.687. The SMILES string of the molecule is COc1ccn2nc(-c3ccc(Cl)o3)nc2c1. The molecule has 0 amide bonds. The van der Waals surface area contributed by atoms with Crippen molar-refractivity contribution in [3.63, 3.8) is 0 Å². The number of methoxy groups -OCH3 is 1. The summed E-state index contributed by atoms with van der Waals surface area (Å²) in [6, 6.07) is 6.99. The van der Waals surface area contributed by atoms with E-state index >= 15 is 0 Å². The van der Waals surface area contributed by atoms with E-state index in [9.17, 15) is 0 Å². The normalized spacial score (nSPS) is 10.9. The van der Waals surface area contributed by atoms with Crippen molar-refractivity contribution in [3.05, 3.63) is 35.7 Å². The lowest BCUT2D eigenvalue weighted by Gasteiger charge is -1.97. The highest BCUT2D eigenvalue weighted by Crippen LogP contribution is 2.23. The Morgan fingerprint density at radius 1 is 1.35 bits per heavy atom. The highest BCUT2D eigenvalue weighted by atomic mass is 35.5. The van der Waals surface area contributed by atoms with Gasteiger partial charge >= 0.3 is 0 Å². The summed E-state index contributed by atoms with van der Waals surface area (Å²) in [6.45, 7) is 0. The van der Waals surface area contributed by atoms with Gasteiger partial charge in [-0.3, -0.25) is 0 Å². The van der Waals surface area contributed by atoms with Crippen molar-refractivity contribution in [1.82, 2.24) is 14.6 Å². The molecule has 17 heavy (non-hydrogen) atoms. The molecule has 0 N–H and O–H groups in total. The second kappa shape index (κ2) is 3.78. The predicted octanol–water partition coefficient (Wildman–Crippen LogP) is 2.65. The van der Waals surface area contributed by atoms with Gasteiger partial charge in [0.2, 0.25) is 5.82 Å². The summed E-state index contributed by atoms with van der Waals surface area (Å²) in [6.07, 6.45) is 1.77. The topological polar surface area (TPSA) is 52.6 Å². The monoisotopic (exact) mass is 249 g/mol. The molecule has 3 aromatic heterocycles. The van der Waals surface area contributed by atoms with Crippen LogP contribution < -0.4 is 4.74 Å². The fourth-order valence-corrected chi connectivity index (χ4v) is 1.67. The lowest BCUT2D eigenvalue weighted by Crippen LogP contribution is -1.88. The van der Waals surface area contributed by atoms with E-state index in [2.05, 4.69) is 10.1 Å². The Hall–Kier alpha value is -2.01. The Bertz CT molecular complexity index is 674. The molecule has 3 aromatic rings. The van der Waals surface area contributed by atoms with E-state index in [1.807, 2.05) is 0 Å². The Labute approximate surface area is 102 Å². The first kappa shape index (κ1) is 10.2. The van der Waals surface area contributed by atoms with Gasteiger partial charge in [0.25, 0.3) is 0 Å². The molecular formula is C11H8ClN3O2. The van der Waals surface area contributed by atoms with Crippen molar-refractivity contribution in [1.29, 1.82) is 0 Å². The van der Waals surface area contributed by atoms with Crippen molar-refractivity contribution in [2.75, 3.05) is 7.11 Å². The van der Waals surface area contributed by atoms with Crippen LogP contribution in [0.3, 0.4) is 0 Å². The van der Waals surface area contributed by atoms with Crippen molar-refractivity contribution >= 4 is 17.2 Å². The van der Waals surface area contributed by atoms with Crippen molar-refractivity contribution < 1.29 is 9.15 Å². The van der Waals surface area contributed by atoms with Crippen LogP contribution in [0.25, 0.3) is 17.2 Å². The minimum absolute atomic E-state index is 0.316. The summed E-state index contributed by atoms with van der Waals surface area (Å²) in [4.78, 5) is 4.32. The van der Waals surface area contributed by atoms with Gasteiger partial charge in [-0.1, -0.05) is 0 Å². The Morgan fingerprint density at radius 2 is 2.24 bits per heavy atom. The molecule has 0 spiro atoms. The van der Waals surface area contributed by atoms with Gasteiger partial charge in [-0.15, -0.1) is 5.10 Å². The van der Waals surface area contributed by atoms with Crippen molar-refractivity contribution in [3.8, 4) is 17.3 Å². The molecule has 0 fully saturated rings. The quantitative estimate of drug-likeness (QED) is 0.701. The van der Waals surface area contributed by atoms with Crippen LogP contribution in [0.1, 0.15) is 0 Å². The van der Waals surface area contributed by atoms with E-state index in [-0.39, 0.29) is 0 Å². The van der Waals surface area contributed by atoms with Crippen LogP contribution in [0, 0.1) is 0 Å². The number of aromatic nitrogens is 3. The van der Waals surface area contributed by atoms with E-state index in [1.54, 1.807) is 42.1 Å². The minimum Gasteiger partial charge on any atom is -0.497 e. The van der Waals surface area contributed by atoms with E-state index < -0.39 is 0 Å². The third kappa shape index (κ3) is 1.74. The number of ether oxygens (including phenoxy) is 1. The standard InChI is InChI=1S/C11H8ClN3O2/c1-16-7-4-5-15-10(6-7)13-11(14-15)8-2-3-9(12)17-8/h2-6H,1H3. The zero-order valence-corrected chi connectivity index (χ0v) is 9.68. The van der Waals surface area contributed by atoms with E-state index in [0.717, 1.165) is 5.75 Å². The molecule has 0 atom stereocenters. The number of hydrogen-bond donors (Lipinski definition) is 0. The molecule has 5 nitrogen and oxygen atoms in total. The average molecular weight is 250 g/mol. The zero-order valence-electron chi connectivity index (χ0n) is 8.92. The van der Waals surface area contributed by atoms with Crippen LogP contribution in [0.4, 0.5) is 0 Å². The van der Waals surface area contributed by atoms with E-state index in [1.165, 1.54) is 0 Å². The maximum atomic E-state index is 5.71. The second-order valence-electron chi connectivity index (χ2n) is 3.41. The van der Waals surface area contributed by atoms with Crippen molar-refractivity contribution in [2.24, 2.45) is 0 Å². The first-order chi connectivity index (χ1) is 8.26. The smallest absolute Gasteiger partial charge is 0.217 e. The number of nitrogens with zero attached hydrogens (tertiary/aromatic N) is 3. The highest BCUT2D eigenvalue weighted by Gasteiger charge is 2.10. The van der Waals surface area contributed by atoms with Crippen LogP contribution in [0.15, 0.2) is 34.9 Å². The van der Waals surface area contributed by atoms with E-state index in [4.69, 9.17) is 20.8 Å². The molecule has 0 aliphatic rings. The second-order valence-corrected chi connectivity index (χ2v) is 3.78. The summed E-state index contributed by atoms with van der Waals surface area (Å²) in [5, 5.41) is 4.59. The summed E-state index contributed by atoms with van der Waals surface area (Å²) in [5.74, 6) is 1.76. The first-order valence-electron chi connectivity index (χ1n) is 4.92. The number of rotatable bonds is 2. The van der Waals surface area contributed by atoms with Gasteiger partial charge in [0, 0.05) is 12.3 Å². The lowest BCUT2D eigenvalue weighted by atomic mass is 10.4. The van der Waals surface area contributed by atoms with E-state index in [0.29, 0.717) is 22.5 Å². The minimum atomic E-state index is 0.316. The van der Waals surface area contributed by atoms with Crippen molar-refractivity contribution in [2.45, 2.75) is 0 Å². The Balaban J connectivity index is 2.13. The molecule has 0 saturated heterocycles. The molecule has 3 rings (SSSR count). The number of halogens is 1. The lowest BCUT2D eigenvalue weighted by molar-refractivity contribution is 0.414. The molecule has 0 saturated carbocycles. The number of fused-ring (bicyclic) bond motifs is 1. The van der Waals surface area contributed by atoms with Crippen LogP contribution in [-0.4, -0.2) is 21.7 Å². The third-order valence-corrected chi connectivity index (χ3v) is 2.54. The zero-order chi connectivity index (χ0) is 11.8. The van der Waals surface area contributed by atoms with Gasteiger partial charge in [0.1, 0.15) is 5.75 Å². The molecule has 0 aromatic carbocycles. The molecule has 0 unspecified atom stereocenters. The number of furan rings is 1. The molecule has 0 aliphatic heterocycles. The summed E-state index contributed by atoms with van der Waals surface area (Å²) >= 11 is 5.71. The Morgan fingerprint density at radius 3 is 2.94 bits per heavy atom. The first-order valence-corrected chi connectivity index (χ1v) is 5.30. The summed E-state index contributed by atoms with van der Waals surface area (Å²) < 4.78 is 12.0. The molecular weight excluding hydrogens is 242 g/mol. The van der Waals surface area contributed by atoms with Crippen LogP contribution >= 0.6 is 11.6 Å². The number of pyridine rings is 1. The molecule has 0 radical (unpaired) electrons. The number of hydrogen-bond acceptors (Lipinski definition) is 4. The molecule has 6 heteroatoms.